The lowest BCUT2D eigenvalue weighted by molar-refractivity contribution is -0.123. The summed E-state index contributed by atoms with van der Waals surface area (Å²) in [5.74, 6) is -0.659. The van der Waals surface area contributed by atoms with Crippen molar-refractivity contribution in [1.29, 1.82) is 0 Å². The molecule has 100 valence electrons. The number of carbonyl (C=O) groups excluding carboxylic acids is 1. The van der Waals surface area contributed by atoms with Gasteiger partial charge < -0.3 is 10.5 Å². The Morgan fingerprint density at radius 1 is 1.33 bits per heavy atom. The van der Waals surface area contributed by atoms with Gasteiger partial charge in [-0.3, -0.25) is 4.79 Å². The van der Waals surface area contributed by atoms with E-state index < -0.39 is 21.1 Å². The minimum atomic E-state index is -4.01. The van der Waals surface area contributed by atoms with Crippen molar-refractivity contribution in [3.63, 3.8) is 0 Å². The number of nitrogens with two attached hydrogens (primary N) is 1. The SMILES string of the molecule is CC(Oc1cc(Cl)c(S(=O)(=O)Cl)cc1Cl)C(N)=O. The monoisotopic (exact) mass is 331 g/mol. The van der Waals surface area contributed by atoms with Crippen LogP contribution in [-0.2, 0) is 13.8 Å². The lowest BCUT2D eigenvalue weighted by atomic mass is 10.3. The third kappa shape index (κ3) is 3.65. The Morgan fingerprint density at radius 3 is 2.33 bits per heavy atom. The molecule has 0 spiro atoms. The lowest BCUT2D eigenvalue weighted by Crippen LogP contribution is -2.30. The largest absolute Gasteiger partial charge is 0.479 e. The highest BCUT2D eigenvalue weighted by Crippen LogP contribution is 2.35. The van der Waals surface area contributed by atoms with Crippen LogP contribution in [-0.4, -0.2) is 20.4 Å². The fourth-order valence-corrected chi connectivity index (χ4v) is 2.82. The summed E-state index contributed by atoms with van der Waals surface area (Å²) < 4.78 is 27.4. The number of ether oxygens (including phenoxy) is 1. The molecular weight excluding hydrogens is 325 g/mol. The first-order valence-electron chi connectivity index (χ1n) is 4.52. The van der Waals surface area contributed by atoms with Crippen LogP contribution < -0.4 is 10.5 Å². The van der Waals surface area contributed by atoms with E-state index in [2.05, 4.69) is 0 Å². The van der Waals surface area contributed by atoms with Crippen molar-refractivity contribution < 1.29 is 17.9 Å². The van der Waals surface area contributed by atoms with E-state index in [1.165, 1.54) is 6.92 Å². The Morgan fingerprint density at radius 2 is 1.89 bits per heavy atom. The Hall–Kier alpha value is -0.690. The average molecular weight is 333 g/mol. The summed E-state index contributed by atoms with van der Waals surface area (Å²) in [5, 5.41) is -0.215. The predicted molar refractivity (Wildman–Crippen MR) is 68.8 cm³/mol. The van der Waals surface area contributed by atoms with Gasteiger partial charge in [-0.2, -0.15) is 0 Å². The van der Waals surface area contributed by atoms with E-state index in [4.69, 9.17) is 44.4 Å². The van der Waals surface area contributed by atoms with Crippen LogP contribution in [0.5, 0.6) is 5.75 Å². The van der Waals surface area contributed by atoms with Gasteiger partial charge in [0.25, 0.3) is 15.0 Å². The molecule has 0 aromatic heterocycles. The van der Waals surface area contributed by atoms with Gasteiger partial charge in [-0.25, -0.2) is 8.42 Å². The fraction of sp³-hybridized carbons (Fsp3) is 0.222. The minimum Gasteiger partial charge on any atom is -0.479 e. The van der Waals surface area contributed by atoms with E-state index in [0.29, 0.717) is 0 Å². The molecule has 1 atom stereocenters. The normalized spacial score (nSPS) is 13.1. The van der Waals surface area contributed by atoms with Gasteiger partial charge in [0.2, 0.25) is 0 Å². The Balaban J connectivity index is 3.20. The first-order valence-corrected chi connectivity index (χ1v) is 7.59. The van der Waals surface area contributed by atoms with Crippen LogP contribution in [0.4, 0.5) is 0 Å². The van der Waals surface area contributed by atoms with Gasteiger partial charge in [0.1, 0.15) is 10.6 Å². The molecule has 0 saturated heterocycles. The maximum absolute atomic E-state index is 11.2. The number of hydrogen-bond acceptors (Lipinski definition) is 4. The number of amides is 1. The number of carbonyl (C=O) groups is 1. The molecule has 0 aliphatic heterocycles. The van der Waals surface area contributed by atoms with Gasteiger partial charge in [-0.15, -0.1) is 0 Å². The third-order valence-corrected chi connectivity index (χ3v) is 4.04. The topological polar surface area (TPSA) is 86.5 Å². The summed E-state index contributed by atoms with van der Waals surface area (Å²) in [5.41, 5.74) is 5.01. The van der Waals surface area contributed by atoms with Crippen LogP contribution in [0.2, 0.25) is 10.0 Å². The molecule has 0 saturated carbocycles. The van der Waals surface area contributed by atoms with Crippen molar-refractivity contribution in [3.8, 4) is 5.75 Å². The number of hydrogen-bond donors (Lipinski definition) is 1. The van der Waals surface area contributed by atoms with E-state index in [0.717, 1.165) is 12.1 Å². The first-order chi connectivity index (χ1) is 8.12. The Bertz CT molecular complexity index is 588. The highest BCUT2D eigenvalue weighted by molar-refractivity contribution is 8.13. The van der Waals surface area contributed by atoms with E-state index in [1.54, 1.807) is 0 Å². The summed E-state index contributed by atoms with van der Waals surface area (Å²) in [7, 11) is 1.15. The van der Waals surface area contributed by atoms with Gasteiger partial charge >= 0.3 is 0 Å². The van der Waals surface area contributed by atoms with E-state index in [9.17, 15) is 13.2 Å². The van der Waals surface area contributed by atoms with Crippen molar-refractivity contribution in [2.75, 3.05) is 0 Å². The summed E-state index contributed by atoms with van der Waals surface area (Å²) >= 11 is 11.5. The molecule has 0 aliphatic rings. The summed E-state index contributed by atoms with van der Waals surface area (Å²) in [6.45, 7) is 1.42. The van der Waals surface area contributed by atoms with Crippen molar-refractivity contribution in [2.45, 2.75) is 17.9 Å². The van der Waals surface area contributed by atoms with Gasteiger partial charge in [0, 0.05) is 16.7 Å². The summed E-state index contributed by atoms with van der Waals surface area (Å²) in [6, 6.07) is 2.19. The standard InChI is InChI=1S/C9H8Cl3NO4S/c1-4(9(13)14)17-7-2-6(11)8(3-5(7)10)18(12,15)16/h2-4H,1H3,(H2,13,14). The van der Waals surface area contributed by atoms with E-state index >= 15 is 0 Å². The number of halogens is 3. The molecule has 0 fully saturated rings. The predicted octanol–water partition coefficient (Wildman–Crippen LogP) is 2.17. The highest BCUT2D eigenvalue weighted by atomic mass is 35.7. The maximum atomic E-state index is 11.2. The second kappa shape index (κ2) is 5.52. The van der Waals surface area contributed by atoms with Crippen LogP contribution in [0.1, 0.15) is 6.92 Å². The van der Waals surface area contributed by atoms with Crippen LogP contribution in [0.15, 0.2) is 17.0 Å². The quantitative estimate of drug-likeness (QED) is 0.856. The van der Waals surface area contributed by atoms with Crippen LogP contribution in [0, 0.1) is 0 Å². The molecule has 2 N–H and O–H groups in total. The molecule has 0 radical (unpaired) electrons. The highest BCUT2D eigenvalue weighted by Gasteiger charge is 2.20. The van der Waals surface area contributed by atoms with Gasteiger partial charge in [-0.05, 0) is 13.0 Å². The molecule has 1 rings (SSSR count). The summed E-state index contributed by atoms with van der Waals surface area (Å²) in [6.07, 6.45) is -0.933. The van der Waals surface area contributed by atoms with Crippen LogP contribution in [0.25, 0.3) is 0 Å². The number of benzene rings is 1. The van der Waals surface area contributed by atoms with Crippen molar-refractivity contribution >= 4 is 48.8 Å². The molecule has 1 amide bonds. The number of rotatable bonds is 4. The molecule has 1 aromatic carbocycles. The summed E-state index contributed by atoms with van der Waals surface area (Å²) in [4.78, 5) is 10.5. The average Bonchev–Trinajstić information content (AvgIpc) is 2.20. The van der Waals surface area contributed by atoms with Gasteiger partial charge in [0.15, 0.2) is 6.10 Å². The van der Waals surface area contributed by atoms with Gasteiger partial charge in [-0.1, -0.05) is 23.2 Å². The molecule has 5 nitrogen and oxygen atoms in total. The molecule has 0 aliphatic carbocycles. The molecule has 1 unspecified atom stereocenters. The molecule has 0 bridgehead atoms. The maximum Gasteiger partial charge on any atom is 0.262 e. The van der Waals surface area contributed by atoms with Crippen molar-refractivity contribution in [1.82, 2.24) is 0 Å². The second-order valence-electron chi connectivity index (χ2n) is 3.31. The van der Waals surface area contributed by atoms with Crippen molar-refractivity contribution in [3.05, 3.63) is 22.2 Å². The minimum absolute atomic E-state index is 0.0389. The van der Waals surface area contributed by atoms with Crippen molar-refractivity contribution in [2.24, 2.45) is 5.73 Å². The number of primary amides is 1. The smallest absolute Gasteiger partial charge is 0.262 e. The second-order valence-corrected chi connectivity index (χ2v) is 6.66. The lowest BCUT2D eigenvalue weighted by Gasteiger charge is -2.13. The molecule has 18 heavy (non-hydrogen) atoms. The van der Waals surface area contributed by atoms with Crippen LogP contribution in [0.3, 0.4) is 0 Å². The third-order valence-electron chi connectivity index (χ3n) is 1.95. The van der Waals surface area contributed by atoms with Crippen LogP contribution >= 0.6 is 33.9 Å². The molecular formula is C9H8Cl3NO4S. The Kier molecular flexibility index (Phi) is 4.72. The molecule has 1 aromatic rings. The molecule has 9 heteroatoms. The zero-order chi connectivity index (χ0) is 14.1. The zero-order valence-electron chi connectivity index (χ0n) is 8.98. The zero-order valence-corrected chi connectivity index (χ0v) is 12.1. The fourth-order valence-electron chi connectivity index (χ4n) is 1.04. The van der Waals surface area contributed by atoms with E-state index in [1.807, 2.05) is 0 Å². The first kappa shape index (κ1) is 15.4. The Labute approximate surface area is 118 Å². The van der Waals surface area contributed by atoms with E-state index in [-0.39, 0.29) is 20.7 Å². The molecule has 0 heterocycles. The van der Waals surface area contributed by atoms with Gasteiger partial charge in [0.05, 0.1) is 10.0 Å².